The summed E-state index contributed by atoms with van der Waals surface area (Å²) in [6, 6.07) is 3.52. The molecule has 0 unspecified atom stereocenters. The molecule has 98 valence electrons. The second kappa shape index (κ2) is 6.38. The number of anilines is 2. The van der Waals surface area contributed by atoms with Crippen LogP contribution in [0.4, 0.5) is 11.5 Å². The molecule has 1 fully saturated rings. The fourth-order valence-corrected chi connectivity index (χ4v) is 2.46. The predicted octanol–water partition coefficient (Wildman–Crippen LogP) is 2.96. The van der Waals surface area contributed by atoms with Crippen molar-refractivity contribution < 1.29 is 4.79 Å². The Hall–Kier alpha value is -1.58. The molecule has 18 heavy (non-hydrogen) atoms. The summed E-state index contributed by atoms with van der Waals surface area (Å²) in [7, 11) is 0. The van der Waals surface area contributed by atoms with Gasteiger partial charge in [-0.2, -0.15) is 0 Å². The lowest BCUT2D eigenvalue weighted by molar-refractivity contribution is -0.120. The predicted molar refractivity (Wildman–Crippen MR) is 73.1 cm³/mol. The van der Waals surface area contributed by atoms with Crippen molar-refractivity contribution in [1.29, 1.82) is 0 Å². The van der Waals surface area contributed by atoms with Crippen molar-refractivity contribution in [3.63, 3.8) is 0 Å². The molecule has 0 atom stereocenters. The Bertz CT molecular complexity index is 398. The Balaban J connectivity index is 1.96. The highest BCUT2D eigenvalue weighted by Crippen LogP contribution is 2.24. The van der Waals surface area contributed by atoms with Crippen molar-refractivity contribution in [3.05, 3.63) is 18.3 Å². The zero-order valence-corrected chi connectivity index (χ0v) is 10.7. The van der Waals surface area contributed by atoms with Crippen LogP contribution in [0.2, 0.25) is 0 Å². The molecule has 1 aromatic rings. The first-order valence-corrected chi connectivity index (χ1v) is 6.79. The van der Waals surface area contributed by atoms with Gasteiger partial charge in [0.05, 0.1) is 5.69 Å². The van der Waals surface area contributed by atoms with E-state index >= 15 is 0 Å². The van der Waals surface area contributed by atoms with Crippen LogP contribution in [0, 0.1) is 5.92 Å². The standard InChI is InChI=1S/C14H21N3O/c15-12-9-6-10-16-13(12)17-14(18)11-7-4-2-1-3-5-8-11/h6,9-11H,1-5,7-8,15H2,(H,16,17,18). The summed E-state index contributed by atoms with van der Waals surface area (Å²) in [6.45, 7) is 0. The van der Waals surface area contributed by atoms with Gasteiger partial charge in [-0.05, 0) is 25.0 Å². The van der Waals surface area contributed by atoms with Crippen molar-refractivity contribution in [1.82, 2.24) is 4.98 Å². The largest absolute Gasteiger partial charge is 0.396 e. The van der Waals surface area contributed by atoms with Crippen LogP contribution in [0.25, 0.3) is 0 Å². The lowest BCUT2D eigenvalue weighted by Crippen LogP contribution is -2.24. The van der Waals surface area contributed by atoms with Gasteiger partial charge in [0.15, 0.2) is 5.82 Å². The number of rotatable bonds is 2. The van der Waals surface area contributed by atoms with Crippen molar-refractivity contribution in [2.24, 2.45) is 5.92 Å². The summed E-state index contributed by atoms with van der Waals surface area (Å²) in [5.41, 5.74) is 6.30. The first kappa shape index (κ1) is 12.9. The third-order valence-corrected chi connectivity index (χ3v) is 3.56. The van der Waals surface area contributed by atoms with Crippen LogP contribution in [-0.4, -0.2) is 10.9 Å². The van der Waals surface area contributed by atoms with Gasteiger partial charge in [-0.25, -0.2) is 4.98 Å². The van der Waals surface area contributed by atoms with E-state index in [1.165, 1.54) is 19.3 Å². The highest BCUT2D eigenvalue weighted by Gasteiger charge is 2.20. The van der Waals surface area contributed by atoms with Gasteiger partial charge in [0.1, 0.15) is 0 Å². The molecule has 0 spiro atoms. The van der Waals surface area contributed by atoms with Crippen molar-refractivity contribution in [2.75, 3.05) is 11.1 Å². The number of carbonyl (C=O) groups is 1. The molecular formula is C14H21N3O. The number of pyridine rings is 1. The maximum atomic E-state index is 12.2. The average molecular weight is 247 g/mol. The summed E-state index contributed by atoms with van der Waals surface area (Å²) in [6.07, 6.45) is 9.71. The number of hydrogen-bond donors (Lipinski definition) is 2. The number of amides is 1. The highest BCUT2D eigenvalue weighted by molar-refractivity contribution is 5.94. The SMILES string of the molecule is Nc1cccnc1NC(=O)C1CCCCCCC1. The Morgan fingerprint density at radius 2 is 1.89 bits per heavy atom. The number of nitrogen functional groups attached to an aromatic ring is 1. The molecule has 0 radical (unpaired) electrons. The summed E-state index contributed by atoms with van der Waals surface area (Å²) < 4.78 is 0. The third-order valence-electron chi connectivity index (χ3n) is 3.56. The van der Waals surface area contributed by atoms with Crippen LogP contribution in [0.1, 0.15) is 44.9 Å². The van der Waals surface area contributed by atoms with Gasteiger partial charge in [-0.1, -0.05) is 32.1 Å². The smallest absolute Gasteiger partial charge is 0.228 e. The average Bonchev–Trinajstić information content (AvgIpc) is 2.31. The van der Waals surface area contributed by atoms with Gasteiger partial charge in [0.25, 0.3) is 0 Å². The first-order chi connectivity index (χ1) is 8.77. The molecule has 3 N–H and O–H groups in total. The van der Waals surface area contributed by atoms with Gasteiger partial charge in [-0.3, -0.25) is 4.79 Å². The number of aromatic nitrogens is 1. The van der Waals surface area contributed by atoms with Crippen LogP contribution in [0.15, 0.2) is 18.3 Å². The number of nitrogens with two attached hydrogens (primary N) is 1. The molecule has 4 nitrogen and oxygen atoms in total. The minimum absolute atomic E-state index is 0.0716. The molecule has 0 saturated heterocycles. The molecule has 1 amide bonds. The molecule has 2 rings (SSSR count). The molecular weight excluding hydrogens is 226 g/mol. The first-order valence-electron chi connectivity index (χ1n) is 6.79. The fraction of sp³-hybridized carbons (Fsp3) is 0.571. The molecule has 1 saturated carbocycles. The quantitative estimate of drug-likeness (QED) is 0.844. The van der Waals surface area contributed by atoms with Gasteiger partial charge < -0.3 is 11.1 Å². The van der Waals surface area contributed by atoms with E-state index in [9.17, 15) is 4.79 Å². The molecule has 1 aromatic heterocycles. The zero-order chi connectivity index (χ0) is 12.8. The monoisotopic (exact) mass is 247 g/mol. The number of nitrogens with one attached hydrogen (secondary N) is 1. The van der Waals surface area contributed by atoms with Gasteiger partial charge in [0, 0.05) is 12.1 Å². The van der Waals surface area contributed by atoms with Crippen LogP contribution in [0.5, 0.6) is 0 Å². The Morgan fingerprint density at radius 1 is 1.22 bits per heavy atom. The Morgan fingerprint density at radius 3 is 2.56 bits per heavy atom. The van der Waals surface area contributed by atoms with Gasteiger partial charge in [0.2, 0.25) is 5.91 Å². The van der Waals surface area contributed by atoms with E-state index in [0.29, 0.717) is 11.5 Å². The van der Waals surface area contributed by atoms with E-state index in [4.69, 9.17) is 5.73 Å². The molecule has 4 heteroatoms. The molecule has 0 bridgehead atoms. The van der Waals surface area contributed by atoms with E-state index in [1.807, 2.05) is 0 Å². The molecule has 1 aliphatic carbocycles. The second-order valence-electron chi connectivity index (χ2n) is 4.97. The van der Waals surface area contributed by atoms with E-state index in [-0.39, 0.29) is 11.8 Å². The van der Waals surface area contributed by atoms with E-state index in [0.717, 1.165) is 25.7 Å². The highest BCUT2D eigenvalue weighted by atomic mass is 16.1. The van der Waals surface area contributed by atoms with E-state index in [2.05, 4.69) is 10.3 Å². The summed E-state index contributed by atoms with van der Waals surface area (Å²) in [4.78, 5) is 16.3. The summed E-state index contributed by atoms with van der Waals surface area (Å²) in [5, 5.41) is 2.85. The fourth-order valence-electron chi connectivity index (χ4n) is 2.46. The topological polar surface area (TPSA) is 68.0 Å². The van der Waals surface area contributed by atoms with Gasteiger partial charge in [-0.15, -0.1) is 0 Å². The number of hydrogen-bond acceptors (Lipinski definition) is 3. The molecule has 1 aliphatic rings. The lowest BCUT2D eigenvalue weighted by atomic mass is 9.90. The number of nitrogens with zero attached hydrogens (tertiary/aromatic N) is 1. The Labute approximate surface area is 108 Å². The zero-order valence-electron chi connectivity index (χ0n) is 10.7. The molecule has 1 heterocycles. The molecule has 0 aromatic carbocycles. The van der Waals surface area contributed by atoms with Crippen molar-refractivity contribution >= 4 is 17.4 Å². The van der Waals surface area contributed by atoms with E-state index < -0.39 is 0 Å². The van der Waals surface area contributed by atoms with E-state index in [1.54, 1.807) is 18.3 Å². The summed E-state index contributed by atoms with van der Waals surface area (Å²) >= 11 is 0. The van der Waals surface area contributed by atoms with Crippen LogP contribution in [-0.2, 0) is 4.79 Å². The summed E-state index contributed by atoms with van der Waals surface area (Å²) in [5.74, 6) is 0.679. The van der Waals surface area contributed by atoms with Crippen molar-refractivity contribution in [3.8, 4) is 0 Å². The molecule has 0 aliphatic heterocycles. The Kier molecular flexibility index (Phi) is 4.56. The normalized spacial score (nSPS) is 17.8. The minimum atomic E-state index is 0.0716. The maximum absolute atomic E-state index is 12.2. The van der Waals surface area contributed by atoms with Crippen molar-refractivity contribution in [2.45, 2.75) is 44.9 Å². The second-order valence-corrected chi connectivity index (χ2v) is 4.97. The number of carbonyl (C=O) groups excluding carboxylic acids is 1. The van der Waals surface area contributed by atoms with Crippen LogP contribution >= 0.6 is 0 Å². The third kappa shape index (κ3) is 3.45. The lowest BCUT2D eigenvalue weighted by Gasteiger charge is -2.19. The minimum Gasteiger partial charge on any atom is -0.396 e. The van der Waals surface area contributed by atoms with Gasteiger partial charge >= 0.3 is 0 Å². The van der Waals surface area contributed by atoms with Crippen LogP contribution < -0.4 is 11.1 Å². The van der Waals surface area contributed by atoms with Crippen LogP contribution in [0.3, 0.4) is 0 Å². The maximum Gasteiger partial charge on any atom is 0.228 e.